The van der Waals surface area contributed by atoms with Gasteiger partial charge in [-0.25, -0.2) is 4.90 Å². The third-order valence-electron chi connectivity index (χ3n) is 4.71. The number of benzene rings is 2. The minimum Gasteiger partial charge on any atom is -0.497 e. The first-order valence-electron chi connectivity index (χ1n) is 8.96. The van der Waals surface area contributed by atoms with Gasteiger partial charge >= 0.3 is 0 Å². The molecule has 2 aromatic rings. The highest BCUT2D eigenvalue weighted by molar-refractivity contribution is 6.22. The van der Waals surface area contributed by atoms with Crippen molar-refractivity contribution in [2.24, 2.45) is 0 Å². The molecule has 0 aliphatic carbocycles. The third-order valence-corrected chi connectivity index (χ3v) is 4.71. The molecule has 0 saturated carbocycles. The zero-order valence-electron chi connectivity index (χ0n) is 15.8. The van der Waals surface area contributed by atoms with Crippen molar-refractivity contribution in [1.82, 2.24) is 5.32 Å². The fourth-order valence-corrected chi connectivity index (χ4v) is 3.15. The molecule has 2 aromatic carbocycles. The highest BCUT2D eigenvalue weighted by atomic mass is 16.5. The maximum absolute atomic E-state index is 12.7. The number of imide groups is 1. The first kappa shape index (κ1) is 18.9. The fraction of sp³-hybridized carbons (Fsp3) is 0.333. The van der Waals surface area contributed by atoms with E-state index in [2.05, 4.69) is 12.2 Å². The molecule has 1 saturated heterocycles. The van der Waals surface area contributed by atoms with Crippen LogP contribution < -0.4 is 19.7 Å². The zero-order valence-corrected chi connectivity index (χ0v) is 15.8. The van der Waals surface area contributed by atoms with Crippen molar-refractivity contribution in [2.75, 3.05) is 19.1 Å². The summed E-state index contributed by atoms with van der Waals surface area (Å²) in [6.45, 7) is 2.49. The van der Waals surface area contributed by atoms with Crippen molar-refractivity contribution in [2.45, 2.75) is 32.4 Å². The maximum atomic E-state index is 12.7. The van der Waals surface area contributed by atoms with Crippen LogP contribution in [0, 0.1) is 0 Å². The van der Waals surface area contributed by atoms with Crippen molar-refractivity contribution >= 4 is 17.5 Å². The molecular formula is C21H24N2O4. The van der Waals surface area contributed by atoms with E-state index < -0.39 is 6.04 Å². The second-order valence-electron chi connectivity index (χ2n) is 6.45. The minimum absolute atomic E-state index is 0.148. The lowest BCUT2D eigenvalue weighted by molar-refractivity contribution is -0.121. The summed E-state index contributed by atoms with van der Waals surface area (Å²) in [5.41, 5.74) is 2.70. The van der Waals surface area contributed by atoms with E-state index in [1.165, 1.54) is 10.5 Å². The Hall–Kier alpha value is -2.86. The van der Waals surface area contributed by atoms with Crippen LogP contribution >= 0.6 is 0 Å². The van der Waals surface area contributed by atoms with Crippen molar-refractivity contribution in [3.63, 3.8) is 0 Å². The molecule has 1 fully saturated rings. The van der Waals surface area contributed by atoms with Crippen LogP contribution in [-0.4, -0.2) is 32.1 Å². The summed E-state index contributed by atoms with van der Waals surface area (Å²) >= 11 is 0. The topological polar surface area (TPSA) is 67.9 Å². The van der Waals surface area contributed by atoms with Crippen molar-refractivity contribution < 1.29 is 19.1 Å². The monoisotopic (exact) mass is 368 g/mol. The lowest BCUT2D eigenvalue weighted by atomic mass is 10.1. The van der Waals surface area contributed by atoms with Gasteiger partial charge in [0, 0.05) is 12.6 Å². The zero-order chi connectivity index (χ0) is 19.4. The smallest absolute Gasteiger partial charge is 0.251 e. The predicted octanol–water partition coefficient (Wildman–Crippen LogP) is 2.69. The molecule has 1 heterocycles. The number of ether oxygens (including phenoxy) is 2. The largest absolute Gasteiger partial charge is 0.497 e. The number of nitrogens with one attached hydrogen (secondary N) is 1. The summed E-state index contributed by atoms with van der Waals surface area (Å²) in [5, 5.41) is 3.18. The molecule has 0 aromatic heterocycles. The Kier molecular flexibility index (Phi) is 5.76. The van der Waals surface area contributed by atoms with Gasteiger partial charge in [0.1, 0.15) is 11.5 Å². The lowest BCUT2D eigenvalue weighted by Crippen LogP contribution is -2.38. The number of aryl methyl sites for hydroxylation is 1. The van der Waals surface area contributed by atoms with Crippen molar-refractivity contribution in [3.8, 4) is 11.5 Å². The van der Waals surface area contributed by atoms with E-state index in [1.54, 1.807) is 20.3 Å². The molecule has 1 aliphatic heterocycles. The fourth-order valence-electron chi connectivity index (χ4n) is 3.15. The van der Waals surface area contributed by atoms with Gasteiger partial charge in [-0.1, -0.05) is 19.1 Å². The molecule has 0 spiro atoms. The highest BCUT2D eigenvalue weighted by Crippen LogP contribution is 2.25. The van der Waals surface area contributed by atoms with Gasteiger partial charge in [0.25, 0.3) is 5.91 Å². The van der Waals surface area contributed by atoms with E-state index in [9.17, 15) is 9.59 Å². The number of methoxy groups -OCH3 is 2. The van der Waals surface area contributed by atoms with E-state index >= 15 is 0 Å². The first-order valence-corrected chi connectivity index (χ1v) is 8.96. The minimum atomic E-state index is -0.541. The number of carbonyl (C=O) groups is 2. The van der Waals surface area contributed by atoms with Gasteiger partial charge in [-0.15, -0.1) is 0 Å². The van der Waals surface area contributed by atoms with Crippen LogP contribution in [0.3, 0.4) is 0 Å². The van der Waals surface area contributed by atoms with E-state index in [1.807, 2.05) is 36.4 Å². The molecule has 142 valence electrons. The number of nitrogens with zero attached hydrogens (tertiary/aromatic N) is 1. The third kappa shape index (κ3) is 4.11. The van der Waals surface area contributed by atoms with Gasteiger partial charge in [0.2, 0.25) is 5.91 Å². The van der Waals surface area contributed by atoms with Crippen molar-refractivity contribution in [3.05, 3.63) is 53.6 Å². The van der Waals surface area contributed by atoms with Crippen LogP contribution in [0.25, 0.3) is 0 Å². The summed E-state index contributed by atoms with van der Waals surface area (Å²) in [5.74, 6) is 0.944. The molecule has 1 atom stereocenters. The Morgan fingerprint density at radius 2 is 1.63 bits per heavy atom. The number of anilines is 1. The summed E-state index contributed by atoms with van der Waals surface area (Å²) in [7, 11) is 3.18. The summed E-state index contributed by atoms with van der Waals surface area (Å²) in [6.07, 6.45) is 1.06. The van der Waals surface area contributed by atoms with Gasteiger partial charge in [-0.3, -0.25) is 9.59 Å². The number of hydrogen-bond acceptors (Lipinski definition) is 5. The molecule has 27 heavy (non-hydrogen) atoms. The normalized spacial score (nSPS) is 16.7. The van der Waals surface area contributed by atoms with Crippen LogP contribution in [-0.2, 0) is 22.6 Å². The van der Waals surface area contributed by atoms with Crippen LogP contribution in [0.2, 0.25) is 0 Å². The molecule has 2 amide bonds. The van der Waals surface area contributed by atoms with Crippen LogP contribution in [0.5, 0.6) is 11.5 Å². The average molecular weight is 368 g/mol. The Bertz CT molecular complexity index is 810. The highest BCUT2D eigenvalue weighted by Gasteiger charge is 2.39. The standard InChI is InChI=1S/C21H24N2O4/c1-4-14-5-7-16(8-6-14)23-20(24)12-19(21(23)25)22-13-15-9-17(26-2)11-18(10-15)27-3/h5-11,19,22H,4,12-13H2,1-3H3. The molecule has 3 rings (SSSR count). The lowest BCUT2D eigenvalue weighted by Gasteiger charge is -2.16. The van der Waals surface area contributed by atoms with Crippen LogP contribution in [0.1, 0.15) is 24.5 Å². The van der Waals surface area contributed by atoms with Gasteiger partial charge in [-0.05, 0) is 41.8 Å². The maximum Gasteiger partial charge on any atom is 0.251 e. The molecule has 1 aliphatic rings. The SMILES string of the molecule is CCc1ccc(N2C(=O)CC(NCc3cc(OC)cc(OC)c3)C2=O)cc1. The number of amides is 2. The second kappa shape index (κ2) is 8.22. The summed E-state index contributed by atoms with van der Waals surface area (Å²) in [6, 6.07) is 12.5. The van der Waals surface area contributed by atoms with E-state index in [4.69, 9.17) is 9.47 Å². The van der Waals surface area contributed by atoms with Crippen LogP contribution in [0.4, 0.5) is 5.69 Å². The van der Waals surface area contributed by atoms with Gasteiger partial charge in [0.15, 0.2) is 0 Å². The second-order valence-corrected chi connectivity index (χ2v) is 6.45. The molecule has 6 heteroatoms. The first-order chi connectivity index (χ1) is 13.0. The Labute approximate surface area is 159 Å². The van der Waals surface area contributed by atoms with E-state index in [-0.39, 0.29) is 18.2 Å². The molecule has 0 radical (unpaired) electrons. The van der Waals surface area contributed by atoms with E-state index in [0.717, 1.165) is 12.0 Å². The number of hydrogen-bond donors (Lipinski definition) is 1. The Balaban J connectivity index is 1.70. The van der Waals surface area contributed by atoms with Crippen molar-refractivity contribution in [1.29, 1.82) is 0 Å². The Morgan fingerprint density at radius 1 is 1.00 bits per heavy atom. The molecule has 1 unspecified atom stereocenters. The molecule has 0 bridgehead atoms. The quantitative estimate of drug-likeness (QED) is 0.761. The summed E-state index contributed by atoms with van der Waals surface area (Å²) < 4.78 is 10.5. The molecule has 6 nitrogen and oxygen atoms in total. The summed E-state index contributed by atoms with van der Waals surface area (Å²) in [4.78, 5) is 26.4. The molecule has 1 N–H and O–H groups in total. The number of rotatable bonds is 7. The average Bonchev–Trinajstić information content (AvgIpc) is 2.99. The number of carbonyl (C=O) groups excluding carboxylic acids is 2. The van der Waals surface area contributed by atoms with Gasteiger partial charge in [-0.2, -0.15) is 0 Å². The van der Waals surface area contributed by atoms with E-state index in [0.29, 0.717) is 23.7 Å². The van der Waals surface area contributed by atoms with Gasteiger partial charge in [0.05, 0.1) is 32.4 Å². The Morgan fingerprint density at radius 3 is 2.19 bits per heavy atom. The van der Waals surface area contributed by atoms with Crippen LogP contribution in [0.15, 0.2) is 42.5 Å². The molecular weight excluding hydrogens is 344 g/mol. The predicted molar refractivity (Wildman–Crippen MR) is 103 cm³/mol. The van der Waals surface area contributed by atoms with Gasteiger partial charge < -0.3 is 14.8 Å².